The maximum atomic E-state index is 13.0. The van der Waals surface area contributed by atoms with Gasteiger partial charge in [-0.15, -0.1) is 0 Å². The van der Waals surface area contributed by atoms with Crippen LogP contribution in [0.5, 0.6) is 0 Å². The van der Waals surface area contributed by atoms with Gasteiger partial charge in [-0.3, -0.25) is 4.79 Å². The van der Waals surface area contributed by atoms with Gasteiger partial charge in [-0.2, -0.15) is 4.31 Å². The second-order valence-corrected chi connectivity index (χ2v) is 9.77. The second kappa shape index (κ2) is 8.34. The number of fused-ring (bicyclic) bond motifs is 1. The summed E-state index contributed by atoms with van der Waals surface area (Å²) in [5.41, 5.74) is 2.75. The van der Waals surface area contributed by atoms with E-state index in [1.165, 1.54) is 22.0 Å². The highest BCUT2D eigenvalue weighted by molar-refractivity contribution is 7.89. The van der Waals surface area contributed by atoms with E-state index in [1.807, 2.05) is 23.1 Å². The maximum absolute atomic E-state index is 13.0. The average Bonchev–Trinajstić information content (AvgIpc) is 3.13. The van der Waals surface area contributed by atoms with E-state index in [2.05, 4.69) is 11.4 Å². The second-order valence-electron chi connectivity index (χ2n) is 7.46. The number of anilines is 2. The summed E-state index contributed by atoms with van der Waals surface area (Å²) >= 11 is 6.20. The molecule has 2 aromatic carbocycles. The van der Waals surface area contributed by atoms with Crippen molar-refractivity contribution >= 4 is 38.9 Å². The van der Waals surface area contributed by atoms with Gasteiger partial charge in [-0.1, -0.05) is 36.2 Å². The van der Waals surface area contributed by atoms with Crippen LogP contribution in [0.4, 0.5) is 11.4 Å². The number of carbonyl (C=O) groups is 1. The molecule has 0 atom stereocenters. The summed E-state index contributed by atoms with van der Waals surface area (Å²) in [4.78, 5) is 14.7. The Labute approximate surface area is 176 Å². The van der Waals surface area contributed by atoms with E-state index in [-0.39, 0.29) is 22.4 Å². The van der Waals surface area contributed by atoms with Crippen molar-refractivity contribution in [2.45, 2.75) is 30.6 Å². The van der Waals surface area contributed by atoms with Crippen molar-refractivity contribution in [2.75, 3.05) is 36.4 Å². The highest BCUT2D eigenvalue weighted by Crippen LogP contribution is 2.30. The van der Waals surface area contributed by atoms with Gasteiger partial charge in [0.2, 0.25) is 15.9 Å². The van der Waals surface area contributed by atoms with Crippen molar-refractivity contribution in [1.29, 1.82) is 0 Å². The number of nitrogens with one attached hydrogen (secondary N) is 1. The van der Waals surface area contributed by atoms with Gasteiger partial charge >= 0.3 is 0 Å². The van der Waals surface area contributed by atoms with Gasteiger partial charge in [0.05, 0.1) is 11.6 Å². The summed E-state index contributed by atoms with van der Waals surface area (Å²) in [7, 11) is -3.67. The number of benzene rings is 2. The fraction of sp³-hybridized carbons (Fsp3) is 0.381. The summed E-state index contributed by atoms with van der Waals surface area (Å²) in [5, 5.41) is 2.99. The van der Waals surface area contributed by atoms with Crippen LogP contribution in [0.2, 0.25) is 5.02 Å². The lowest BCUT2D eigenvalue weighted by Gasteiger charge is -2.26. The molecule has 2 heterocycles. The summed E-state index contributed by atoms with van der Waals surface area (Å²) < 4.78 is 27.4. The molecule has 0 saturated carbocycles. The van der Waals surface area contributed by atoms with E-state index in [0.717, 1.165) is 37.9 Å². The molecule has 8 heteroatoms. The highest BCUT2D eigenvalue weighted by atomic mass is 35.5. The molecule has 0 unspecified atom stereocenters. The van der Waals surface area contributed by atoms with Crippen LogP contribution in [0.3, 0.4) is 0 Å². The highest BCUT2D eigenvalue weighted by Gasteiger charge is 2.28. The molecule has 0 bridgehead atoms. The zero-order valence-electron chi connectivity index (χ0n) is 16.1. The Morgan fingerprint density at radius 1 is 1.03 bits per heavy atom. The van der Waals surface area contributed by atoms with Gasteiger partial charge in [0.15, 0.2) is 0 Å². The van der Waals surface area contributed by atoms with Crippen LogP contribution in [0.1, 0.15) is 24.8 Å². The molecule has 1 saturated heterocycles. The molecule has 4 rings (SSSR count). The zero-order chi connectivity index (χ0) is 20.4. The van der Waals surface area contributed by atoms with E-state index >= 15 is 0 Å². The third-order valence-corrected chi connectivity index (χ3v) is 7.85. The van der Waals surface area contributed by atoms with Crippen molar-refractivity contribution < 1.29 is 13.2 Å². The van der Waals surface area contributed by atoms with Crippen molar-refractivity contribution in [3.63, 3.8) is 0 Å². The van der Waals surface area contributed by atoms with E-state index in [4.69, 9.17) is 11.6 Å². The number of rotatable bonds is 5. The number of hydrogen-bond acceptors (Lipinski definition) is 4. The largest absolute Gasteiger partial charge is 0.362 e. The number of nitrogens with zero attached hydrogens (tertiary/aromatic N) is 2. The Bertz CT molecular complexity index is 1020. The molecule has 2 aromatic rings. The predicted octanol–water partition coefficient (Wildman–Crippen LogP) is 3.52. The van der Waals surface area contributed by atoms with E-state index in [9.17, 15) is 13.2 Å². The molecule has 1 fully saturated rings. The molecule has 2 aliphatic rings. The minimum absolute atomic E-state index is 0.0467. The monoisotopic (exact) mass is 433 g/mol. The quantitative estimate of drug-likeness (QED) is 0.783. The van der Waals surface area contributed by atoms with Crippen LogP contribution < -0.4 is 10.2 Å². The molecule has 0 aromatic heterocycles. The number of para-hydroxylation sites is 1. The molecule has 6 nitrogen and oxygen atoms in total. The fourth-order valence-corrected chi connectivity index (χ4v) is 5.99. The third-order valence-electron chi connectivity index (χ3n) is 5.47. The van der Waals surface area contributed by atoms with E-state index in [0.29, 0.717) is 18.8 Å². The molecule has 0 spiro atoms. The molecule has 29 heavy (non-hydrogen) atoms. The smallest absolute Gasteiger partial charge is 0.244 e. The minimum atomic E-state index is -3.67. The van der Waals surface area contributed by atoms with Crippen LogP contribution in [-0.2, 0) is 21.2 Å². The average molecular weight is 434 g/mol. The van der Waals surface area contributed by atoms with Crippen molar-refractivity contribution in [2.24, 2.45) is 0 Å². The maximum Gasteiger partial charge on any atom is 0.244 e. The molecule has 1 amide bonds. The van der Waals surface area contributed by atoms with Crippen LogP contribution in [0, 0.1) is 0 Å². The number of halogens is 1. The topological polar surface area (TPSA) is 69.7 Å². The number of carbonyl (C=O) groups excluding carboxylic acids is 1. The Hall–Kier alpha value is -2.09. The first-order valence-electron chi connectivity index (χ1n) is 9.87. The molecular weight excluding hydrogens is 410 g/mol. The van der Waals surface area contributed by atoms with Crippen molar-refractivity contribution in [3.05, 3.63) is 53.1 Å². The van der Waals surface area contributed by atoms with Crippen LogP contribution in [-0.4, -0.2) is 44.8 Å². The molecule has 1 N–H and O–H groups in total. The lowest BCUT2D eigenvalue weighted by atomic mass is 10.2. The normalized spacial score (nSPS) is 17.2. The molecule has 0 radical (unpaired) electrons. The lowest BCUT2D eigenvalue weighted by molar-refractivity contribution is -0.115. The lowest BCUT2D eigenvalue weighted by Crippen LogP contribution is -2.36. The number of sulfonamides is 1. The van der Waals surface area contributed by atoms with Gasteiger partial charge in [-0.05, 0) is 49.1 Å². The summed E-state index contributed by atoms with van der Waals surface area (Å²) in [6, 6.07) is 12.7. The van der Waals surface area contributed by atoms with Crippen LogP contribution >= 0.6 is 11.6 Å². The first-order valence-corrected chi connectivity index (χ1v) is 11.7. The predicted molar refractivity (Wildman–Crippen MR) is 115 cm³/mol. The fourth-order valence-electron chi connectivity index (χ4n) is 3.97. The van der Waals surface area contributed by atoms with E-state index < -0.39 is 10.0 Å². The molecular formula is C21H24ClN3O3S. The van der Waals surface area contributed by atoms with Gasteiger partial charge in [0.1, 0.15) is 4.90 Å². The van der Waals surface area contributed by atoms with Crippen LogP contribution in [0.25, 0.3) is 0 Å². The van der Waals surface area contributed by atoms with Gasteiger partial charge in [0, 0.05) is 31.0 Å². The standard InChI is InChI=1S/C21H24ClN3O3S/c22-18-9-8-17(14-20(18)29(27,28)25-11-4-1-5-12-25)23-21(26)15-24-13-10-16-6-2-3-7-19(16)24/h2-3,6-9,14H,1,4-5,10-13,15H2,(H,23,26). The zero-order valence-corrected chi connectivity index (χ0v) is 17.7. The number of hydrogen-bond donors (Lipinski definition) is 1. The van der Waals surface area contributed by atoms with Gasteiger partial charge < -0.3 is 10.2 Å². The van der Waals surface area contributed by atoms with E-state index in [1.54, 1.807) is 6.07 Å². The first-order chi connectivity index (χ1) is 13.9. The minimum Gasteiger partial charge on any atom is -0.362 e. The summed E-state index contributed by atoms with van der Waals surface area (Å²) in [5.74, 6) is -0.189. The SMILES string of the molecule is O=C(CN1CCc2ccccc21)Nc1ccc(Cl)c(S(=O)(=O)N2CCCCC2)c1. The number of amides is 1. The third kappa shape index (κ3) is 4.27. The van der Waals surface area contributed by atoms with Gasteiger partial charge in [-0.25, -0.2) is 8.42 Å². The van der Waals surface area contributed by atoms with Crippen molar-refractivity contribution in [1.82, 2.24) is 4.31 Å². The Balaban J connectivity index is 1.48. The first kappa shape index (κ1) is 20.2. The molecule has 154 valence electrons. The molecule has 0 aliphatic carbocycles. The van der Waals surface area contributed by atoms with Crippen molar-refractivity contribution in [3.8, 4) is 0 Å². The Morgan fingerprint density at radius 3 is 2.59 bits per heavy atom. The number of piperidine rings is 1. The Kier molecular flexibility index (Phi) is 5.81. The van der Waals surface area contributed by atoms with Gasteiger partial charge in [0.25, 0.3) is 0 Å². The summed E-state index contributed by atoms with van der Waals surface area (Å²) in [6.45, 7) is 2.02. The Morgan fingerprint density at radius 2 is 1.79 bits per heavy atom. The molecule has 2 aliphatic heterocycles. The van der Waals surface area contributed by atoms with Crippen LogP contribution in [0.15, 0.2) is 47.4 Å². The summed E-state index contributed by atoms with van der Waals surface area (Å²) in [6.07, 6.45) is 3.66.